The Labute approximate surface area is 112 Å². The summed E-state index contributed by atoms with van der Waals surface area (Å²) in [6.07, 6.45) is 3.12. The number of hydrogen-bond donors (Lipinski definition) is 1. The van der Waals surface area contributed by atoms with E-state index in [9.17, 15) is 5.11 Å². The Morgan fingerprint density at radius 1 is 1.53 bits per heavy atom. The summed E-state index contributed by atoms with van der Waals surface area (Å²) in [5.41, 5.74) is 1.69. The van der Waals surface area contributed by atoms with E-state index in [1.165, 1.54) is 0 Å². The summed E-state index contributed by atoms with van der Waals surface area (Å²) >= 11 is 0. The number of aliphatic hydroxyl groups is 1. The molecule has 0 saturated carbocycles. The first kappa shape index (κ1) is 12.4. The molecule has 3 heterocycles. The van der Waals surface area contributed by atoms with Gasteiger partial charge >= 0.3 is 0 Å². The van der Waals surface area contributed by atoms with E-state index in [2.05, 4.69) is 16.8 Å². The fraction of sp³-hybridized carbons (Fsp3) is 0.500. The molecule has 1 N–H and O–H groups in total. The van der Waals surface area contributed by atoms with Crippen LogP contribution >= 0.6 is 0 Å². The Bertz CT molecular complexity index is 581. The molecule has 0 radical (unpaired) electrons. The van der Waals surface area contributed by atoms with Crippen LogP contribution in [0.25, 0.3) is 5.65 Å². The van der Waals surface area contributed by atoms with E-state index in [1.54, 1.807) is 0 Å². The minimum Gasteiger partial charge on any atom is -0.390 e. The van der Waals surface area contributed by atoms with Gasteiger partial charge in [0.2, 0.25) is 0 Å². The van der Waals surface area contributed by atoms with Gasteiger partial charge in [-0.2, -0.15) is 0 Å². The molecule has 2 unspecified atom stereocenters. The van der Waals surface area contributed by atoms with Crippen molar-refractivity contribution in [3.63, 3.8) is 0 Å². The van der Waals surface area contributed by atoms with Crippen molar-refractivity contribution in [3.8, 4) is 0 Å². The molecule has 0 spiro atoms. The SMILES string of the molecule is CC1OCCC1N(C)c1nc2ccccn2c1CO. The van der Waals surface area contributed by atoms with Gasteiger partial charge in [-0.3, -0.25) is 4.40 Å². The maximum atomic E-state index is 9.64. The van der Waals surface area contributed by atoms with Crippen LogP contribution < -0.4 is 4.90 Å². The highest BCUT2D eigenvalue weighted by atomic mass is 16.5. The molecule has 19 heavy (non-hydrogen) atoms. The largest absolute Gasteiger partial charge is 0.390 e. The molecular formula is C14H19N3O2. The lowest BCUT2D eigenvalue weighted by atomic mass is 10.1. The van der Waals surface area contributed by atoms with Crippen LogP contribution in [-0.4, -0.2) is 40.3 Å². The number of aliphatic hydroxyl groups excluding tert-OH is 1. The third kappa shape index (κ3) is 1.99. The summed E-state index contributed by atoms with van der Waals surface area (Å²) in [5, 5.41) is 9.64. The highest BCUT2D eigenvalue weighted by Gasteiger charge is 2.30. The lowest BCUT2D eigenvalue weighted by Gasteiger charge is -2.27. The summed E-state index contributed by atoms with van der Waals surface area (Å²) < 4.78 is 7.55. The zero-order valence-electron chi connectivity index (χ0n) is 11.3. The minimum absolute atomic E-state index is 0.0210. The monoisotopic (exact) mass is 261 g/mol. The second-order valence-corrected chi connectivity index (χ2v) is 5.01. The van der Waals surface area contributed by atoms with Crippen molar-refractivity contribution in [1.82, 2.24) is 9.38 Å². The molecule has 0 aromatic carbocycles. The first-order valence-corrected chi connectivity index (χ1v) is 6.63. The van der Waals surface area contributed by atoms with Gasteiger partial charge in [-0.05, 0) is 25.5 Å². The molecule has 2 aromatic rings. The van der Waals surface area contributed by atoms with Gasteiger partial charge in [0.1, 0.15) is 5.65 Å². The summed E-state index contributed by atoms with van der Waals surface area (Å²) in [6.45, 7) is 2.85. The zero-order valence-corrected chi connectivity index (χ0v) is 11.3. The van der Waals surface area contributed by atoms with Crippen LogP contribution in [0.4, 0.5) is 5.82 Å². The average Bonchev–Trinajstić information content (AvgIpc) is 3.01. The summed E-state index contributed by atoms with van der Waals surface area (Å²) in [4.78, 5) is 6.77. The van der Waals surface area contributed by atoms with Gasteiger partial charge in [-0.25, -0.2) is 4.98 Å². The smallest absolute Gasteiger partial charge is 0.153 e. The predicted octanol–water partition coefficient (Wildman–Crippen LogP) is 1.44. The van der Waals surface area contributed by atoms with Crippen molar-refractivity contribution < 1.29 is 9.84 Å². The molecule has 0 amide bonds. The minimum atomic E-state index is -0.0210. The Morgan fingerprint density at radius 2 is 2.37 bits per heavy atom. The number of likely N-dealkylation sites (N-methyl/N-ethyl adjacent to an activating group) is 1. The van der Waals surface area contributed by atoms with Crippen LogP contribution in [-0.2, 0) is 11.3 Å². The van der Waals surface area contributed by atoms with Crippen molar-refractivity contribution in [3.05, 3.63) is 30.1 Å². The molecule has 0 bridgehead atoms. The van der Waals surface area contributed by atoms with Crippen molar-refractivity contribution in [1.29, 1.82) is 0 Å². The number of fused-ring (bicyclic) bond motifs is 1. The van der Waals surface area contributed by atoms with E-state index in [-0.39, 0.29) is 12.7 Å². The molecule has 3 rings (SSSR count). The molecule has 5 nitrogen and oxygen atoms in total. The molecule has 1 fully saturated rings. The lowest BCUT2D eigenvalue weighted by molar-refractivity contribution is 0.118. The highest BCUT2D eigenvalue weighted by Crippen LogP contribution is 2.27. The van der Waals surface area contributed by atoms with Crippen molar-refractivity contribution in [2.24, 2.45) is 0 Å². The van der Waals surface area contributed by atoms with E-state index in [0.717, 1.165) is 30.2 Å². The number of aromatic nitrogens is 2. The van der Waals surface area contributed by atoms with Crippen LogP contribution in [0.5, 0.6) is 0 Å². The Hall–Kier alpha value is -1.59. The van der Waals surface area contributed by atoms with Crippen LogP contribution in [0.3, 0.4) is 0 Å². The van der Waals surface area contributed by atoms with E-state index < -0.39 is 0 Å². The zero-order chi connectivity index (χ0) is 13.4. The molecule has 5 heteroatoms. The van der Waals surface area contributed by atoms with Gasteiger partial charge < -0.3 is 14.7 Å². The van der Waals surface area contributed by atoms with Crippen molar-refractivity contribution in [2.75, 3.05) is 18.6 Å². The molecule has 2 aromatic heterocycles. The maximum absolute atomic E-state index is 9.64. The van der Waals surface area contributed by atoms with Crippen LogP contribution in [0.2, 0.25) is 0 Å². The van der Waals surface area contributed by atoms with Gasteiger partial charge in [-0.1, -0.05) is 6.07 Å². The topological polar surface area (TPSA) is 50.0 Å². The Kier molecular flexibility index (Phi) is 3.16. The van der Waals surface area contributed by atoms with Crippen LogP contribution in [0, 0.1) is 0 Å². The molecular weight excluding hydrogens is 242 g/mol. The van der Waals surface area contributed by atoms with Crippen LogP contribution in [0.15, 0.2) is 24.4 Å². The Balaban J connectivity index is 2.04. The second-order valence-electron chi connectivity index (χ2n) is 5.01. The number of pyridine rings is 1. The number of rotatable bonds is 3. The third-order valence-electron chi connectivity index (χ3n) is 3.93. The first-order valence-electron chi connectivity index (χ1n) is 6.63. The highest BCUT2D eigenvalue weighted by molar-refractivity contribution is 5.56. The summed E-state index contributed by atoms with van der Waals surface area (Å²) in [6, 6.07) is 6.16. The molecule has 2 atom stereocenters. The third-order valence-corrected chi connectivity index (χ3v) is 3.93. The van der Waals surface area contributed by atoms with Gasteiger partial charge in [0.25, 0.3) is 0 Å². The average molecular weight is 261 g/mol. The first-order chi connectivity index (χ1) is 9.22. The maximum Gasteiger partial charge on any atom is 0.153 e. The van der Waals surface area contributed by atoms with Gasteiger partial charge in [0.15, 0.2) is 5.82 Å². The summed E-state index contributed by atoms with van der Waals surface area (Å²) in [5.74, 6) is 0.844. The number of nitrogens with zero attached hydrogens (tertiary/aromatic N) is 3. The van der Waals surface area contributed by atoms with Crippen molar-refractivity contribution >= 4 is 11.5 Å². The van der Waals surface area contributed by atoms with E-state index in [0.29, 0.717) is 6.04 Å². The lowest BCUT2D eigenvalue weighted by Crippen LogP contribution is -2.37. The molecule has 0 aliphatic carbocycles. The number of hydrogen-bond acceptors (Lipinski definition) is 4. The molecule has 1 aliphatic rings. The summed E-state index contributed by atoms with van der Waals surface area (Å²) in [7, 11) is 2.02. The fourth-order valence-electron chi connectivity index (χ4n) is 2.85. The van der Waals surface area contributed by atoms with Gasteiger partial charge in [-0.15, -0.1) is 0 Å². The van der Waals surface area contributed by atoms with E-state index >= 15 is 0 Å². The van der Waals surface area contributed by atoms with Gasteiger partial charge in [0, 0.05) is 19.9 Å². The second kappa shape index (κ2) is 4.83. The Morgan fingerprint density at radius 3 is 3.05 bits per heavy atom. The standard InChI is InChI=1S/C14H19N3O2/c1-10-11(6-8-19-10)16(2)14-12(9-18)17-7-4-3-5-13(17)15-14/h3-5,7,10-11,18H,6,8-9H2,1-2H3. The van der Waals surface area contributed by atoms with Crippen LogP contribution in [0.1, 0.15) is 19.0 Å². The number of ether oxygens (including phenoxy) is 1. The molecule has 1 saturated heterocycles. The van der Waals surface area contributed by atoms with Crippen molar-refractivity contribution in [2.45, 2.75) is 32.1 Å². The van der Waals surface area contributed by atoms with E-state index in [1.807, 2.05) is 35.8 Å². The fourth-order valence-corrected chi connectivity index (χ4v) is 2.85. The molecule has 102 valence electrons. The normalized spacial score (nSPS) is 23.1. The number of imidazole rings is 1. The molecule has 1 aliphatic heterocycles. The quantitative estimate of drug-likeness (QED) is 0.908. The number of anilines is 1. The van der Waals surface area contributed by atoms with E-state index in [4.69, 9.17) is 4.74 Å². The van der Waals surface area contributed by atoms with Gasteiger partial charge in [0.05, 0.1) is 24.4 Å². The predicted molar refractivity (Wildman–Crippen MR) is 73.3 cm³/mol.